The summed E-state index contributed by atoms with van der Waals surface area (Å²) in [5.41, 5.74) is -0.884. The second-order valence-corrected chi connectivity index (χ2v) is 6.76. The Kier molecular flexibility index (Phi) is 3.98. The molecule has 6 nitrogen and oxygen atoms in total. The fourth-order valence-corrected chi connectivity index (χ4v) is 3.16. The maximum Gasteiger partial charge on any atom is 0.325 e. The zero-order valence-electron chi connectivity index (χ0n) is 12.4. The second kappa shape index (κ2) is 5.69. The number of imide groups is 1. The summed E-state index contributed by atoms with van der Waals surface area (Å²) in [7, 11) is 0. The molecule has 3 rings (SSSR count). The largest absolute Gasteiger partial charge is 0.352 e. The molecule has 2 fully saturated rings. The van der Waals surface area contributed by atoms with Crippen LogP contribution in [-0.4, -0.2) is 35.3 Å². The molecule has 0 radical (unpaired) electrons. The number of halogens is 2. The third-order valence-corrected chi connectivity index (χ3v) is 4.54. The first kappa shape index (κ1) is 16.1. The summed E-state index contributed by atoms with van der Waals surface area (Å²) in [5.74, 6) is -0.861. The molecule has 1 heterocycles. The Morgan fingerprint density at radius 2 is 2.09 bits per heavy atom. The lowest BCUT2D eigenvalue weighted by Gasteiger charge is -2.23. The van der Waals surface area contributed by atoms with Crippen LogP contribution in [0.2, 0.25) is 10.0 Å². The van der Waals surface area contributed by atoms with Crippen LogP contribution in [0.1, 0.15) is 25.3 Å². The molecule has 8 heteroatoms. The van der Waals surface area contributed by atoms with Gasteiger partial charge in [0.2, 0.25) is 5.91 Å². The summed E-state index contributed by atoms with van der Waals surface area (Å²) >= 11 is 12.0. The zero-order valence-corrected chi connectivity index (χ0v) is 13.9. The van der Waals surface area contributed by atoms with Gasteiger partial charge in [-0.3, -0.25) is 14.5 Å². The van der Waals surface area contributed by atoms with E-state index in [4.69, 9.17) is 23.2 Å². The maximum atomic E-state index is 12.7. The first-order chi connectivity index (χ1) is 10.8. The third kappa shape index (κ3) is 3.01. The summed E-state index contributed by atoms with van der Waals surface area (Å²) in [4.78, 5) is 37.6. The van der Waals surface area contributed by atoms with Crippen molar-refractivity contribution in [2.45, 2.75) is 31.3 Å². The van der Waals surface area contributed by atoms with Gasteiger partial charge in [0.05, 0.1) is 0 Å². The van der Waals surface area contributed by atoms with Gasteiger partial charge in [0.25, 0.3) is 5.91 Å². The van der Waals surface area contributed by atoms with Crippen molar-refractivity contribution in [3.05, 3.63) is 33.8 Å². The van der Waals surface area contributed by atoms with Gasteiger partial charge in [0.1, 0.15) is 12.1 Å². The van der Waals surface area contributed by atoms with Crippen LogP contribution in [0, 0.1) is 0 Å². The Balaban J connectivity index is 1.82. The van der Waals surface area contributed by atoms with Gasteiger partial charge in [0, 0.05) is 21.7 Å². The lowest BCUT2D eigenvalue weighted by Crippen LogP contribution is -2.43. The Morgan fingerprint density at radius 1 is 1.39 bits per heavy atom. The van der Waals surface area contributed by atoms with Crippen molar-refractivity contribution in [3.63, 3.8) is 0 Å². The molecule has 1 aliphatic heterocycles. The first-order valence-corrected chi connectivity index (χ1v) is 7.96. The second-order valence-electron chi connectivity index (χ2n) is 5.91. The van der Waals surface area contributed by atoms with E-state index in [0.717, 1.165) is 17.7 Å². The Hall–Kier alpha value is -1.79. The van der Waals surface area contributed by atoms with Crippen LogP contribution in [0.15, 0.2) is 18.2 Å². The molecule has 23 heavy (non-hydrogen) atoms. The van der Waals surface area contributed by atoms with Crippen LogP contribution < -0.4 is 10.6 Å². The summed E-state index contributed by atoms with van der Waals surface area (Å²) < 4.78 is 0. The number of hydrogen-bond donors (Lipinski definition) is 2. The molecule has 1 aliphatic carbocycles. The van der Waals surface area contributed by atoms with Crippen LogP contribution in [0.4, 0.5) is 4.79 Å². The molecule has 1 atom stereocenters. The number of nitrogens with one attached hydrogen (secondary N) is 2. The molecule has 1 saturated heterocycles. The highest BCUT2D eigenvalue weighted by Gasteiger charge is 2.50. The van der Waals surface area contributed by atoms with Crippen molar-refractivity contribution in [2.75, 3.05) is 6.54 Å². The van der Waals surface area contributed by atoms with Gasteiger partial charge >= 0.3 is 6.03 Å². The van der Waals surface area contributed by atoms with Gasteiger partial charge in [-0.05, 0) is 31.9 Å². The number of carbonyl (C=O) groups is 3. The quantitative estimate of drug-likeness (QED) is 0.811. The minimum Gasteiger partial charge on any atom is -0.352 e. The smallest absolute Gasteiger partial charge is 0.325 e. The molecule has 1 unspecified atom stereocenters. The number of hydrogen-bond acceptors (Lipinski definition) is 3. The van der Waals surface area contributed by atoms with Gasteiger partial charge < -0.3 is 10.6 Å². The molecule has 1 aromatic carbocycles. The summed E-state index contributed by atoms with van der Waals surface area (Å²) in [6.45, 7) is 1.25. The molecule has 2 N–H and O–H groups in total. The Morgan fingerprint density at radius 3 is 2.70 bits per heavy atom. The minimum atomic E-state index is -1.32. The van der Waals surface area contributed by atoms with Gasteiger partial charge in [0.15, 0.2) is 0 Å². The number of amides is 4. The van der Waals surface area contributed by atoms with Crippen molar-refractivity contribution >= 4 is 41.0 Å². The van der Waals surface area contributed by atoms with Gasteiger partial charge in [-0.25, -0.2) is 4.79 Å². The van der Waals surface area contributed by atoms with E-state index in [1.165, 1.54) is 6.07 Å². The molecule has 122 valence electrons. The topological polar surface area (TPSA) is 78.5 Å². The molecule has 0 spiro atoms. The van der Waals surface area contributed by atoms with Crippen LogP contribution in [0.5, 0.6) is 0 Å². The number of rotatable bonds is 4. The van der Waals surface area contributed by atoms with Crippen molar-refractivity contribution in [2.24, 2.45) is 0 Å². The van der Waals surface area contributed by atoms with Crippen LogP contribution in [0.3, 0.4) is 0 Å². The molecule has 1 saturated carbocycles. The van der Waals surface area contributed by atoms with Gasteiger partial charge in [-0.2, -0.15) is 0 Å². The SMILES string of the molecule is CC1(c2ccc(Cl)cc2Cl)NC(=O)N(CC(=O)NC2CC2)C1=O. The standard InChI is InChI=1S/C15H15Cl2N3O3/c1-15(10-5-2-8(16)6-11(10)17)13(22)20(14(23)19-15)7-12(21)18-9-3-4-9/h2,5-6,9H,3-4,7H2,1H3,(H,18,21)(H,19,23). The van der Waals surface area contributed by atoms with Crippen molar-refractivity contribution < 1.29 is 14.4 Å². The van der Waals surface area contributed by atoms with E-state index in [1.807, 2.05) is 0 Å². The average Bonchev–Trinajstić information content (AvgIpc) is 3.23. The van der Waals surface area contributed by atoms with Crippen LogP contribution >= 0.6 is 23.2 Å². The highest BCUT2D eigenvalue weighted by atomic mass is 35.5. The van der Waals surface area contributed by atoms with E-state index in [2.05, 4.69) is 10.6 Å². The predicted octanol–water partition coefficient (Wildman–Crippen LogP) is 2.04. The fourth-order valence-electron chi connectivity index (χ4n) is 2.56. The highest BCUT2D eigenvalue weighted by molar-refractivity contribution is 6.35. The highest BCUT2D eigenvalue weighted by Crippen LogP contribution is 2.34. The fraction of sp³-hybridized carbons (Fsp3) is 0.400. The number of urea groups is 1. The first-order valence-electron chi connectivity index (χ1n) is 7.20. The molecule has 2 aliphatic rings. The van der Waals surface area contributed by atoms with E-state index in [1.54, 1.807) is 19.1 Å². The predicted molar refractivity (Wildman–Crippen MR) is 85.2 cm³/mol. The van der Waals surface area contributed by atoms with Crippen LogP contribution in [-0.2, 0) is 15.1 Å². The molecule has 1 aromatic rings. The molecule has 0 bridgehead atoms. The summed E-state index contributed by atoms with van der Waals surface area (Å²) in [6.07, 6.45) is 1.87. The van der Waals surface area contributed by atoms with Gasteiger partial charge in [-0.15, -0.1) is 0 Å². The number of nitrogens with zero attached hydrogens (tertiary/aromatic N) is 1. The Labute approximate surface area is 143 Å². The summed E-state index contributed by atoms with van der Waals surface area (Å²) in [5, 5.41) is 6.07. The summed E-state index contributed by atoms with van der Waals surface area (Å²) in [6, 6.07) is 4.24. The lowest BCUT2D eigenvalue weighted by molar-refractivity contribution is -0.134. The van der Waals surface area contributed by atoms with E-state index >= 15 is 0 Å². The van der Waals surface area contributed by atoms with E-state index in [0.29, 0.717) is 10.6 Å². The van der Waals surface area contributed by atoms with Crippen molar-refractivity contribution in [3.8, 4) is 0 Å². The normalized spacial score (nSPS) is 23.9. The van der Waals surface area contributed by atoms with E-state index in [-0.39, 0.29) is 23.5 Å². The monoisotopic (exact) mass is 355 g/mol. The zero-order chi connectivity index (χ0) is 16.8. The van der Waals surface area contributed by atoms with Crippen molar-refractivity contribution in [1.82, 2.24) is 15.5 Å². The number of benzene rings is 1. The third-order valence-electron chi connectivity index (χ3n) is 3.99. The van der Waals surface area contributed by atoms with Crippen LogP contribution in [0.25, 0.3) is 0 Å². The minimum absolute atomic E-state index is 0.167. The molecular weight excluding hydrogens is 341 g/mol. The van der Waals surface area contributed by atoms with E-state index < -0.39 is 17.5 Å². The van der Waals surface area contributed by atoms with Gasteiger partial charge in [-0.1, -0.05) is 29.3 Å². The Bertz CT molecular complexity index is 705. The van der Waals surface area contributed by atoms with Crippen molar-refractivity contribution in [1.29, 1.82) is 0 Å². The molecule has 4 amide bonds. The van der Waals surface area contributed by atoms with E-state index in [9.17, 15) is 14.4 Å². The maximum absolute atomic E-state index is 12.7. The lowest BCUT2D eigenvalue weighted by atomic mass is 9.92. The molecule has 0 aromatic heterocycles. The number of carbonyl (C=O) groups excluding carboxylic acids is 3. The molecular formula is C15H15Cl2N3O3. The average molecular weight is 356 g/mol.